The van der Waals surface area contributed by atoms with Crippen LogP contribution in [0.5, 0.6) is 0 Å². The van der Waals surface area contributed by atoms with E-state index in [-0.39, 0.29) is 27.7 Å². The van der Waals surface area contributed by atoms with Gasteiger partial charge < -0.3 is 4.90 Å². The molecule has 1 unspecified atom stereocenters. The van der Waals surface area contributed by atoms with Crippen molar-refractivity contribution in [3.63, 3.8) is 0 Å². The summed E-state index contributed by atoms with van der Waals surface area (Å²) >= 11 is 7.22. The van der Waals surface area contributed by atoms with Gasteiger partial charge in [-0.2, -0.15) is 12.6 Å². The average Bonchev–Trinajstić information content (AvgIpc) is 2.70. The van der Waals surface area contributed by atoms with Crippen molar-refractivity contribution < 1.29 is 14.1 Å². The normalized spacial score (nSPS) is 19.0. The monoisotopic (exact) mass is 348 g/mol. The Balaban J connectivity index is 2.41. The van der Waals surface area contributed by atoms with E-state index in [1.54, 1.807) is 0 Å². The lowest BCUT2D eigenvalue weighted by Gasteiger charge is -2.18. The fourth-order valence-corrected chi connectivity index (χ4v) is 2.92. The van der Waals surface area contributed by atoms with Gasteiger partial charge in [-0.3, -0.25) is 14.9 Å². The van der Waals surface area contributed by atoms with E-state index >= 15 is 0 Å². The summed E-state index contributed by atoms with van der Waals surface area (Å²) in [6.07, 6.45) is 0.312. The van der Waals surface area contributed by atoms with Gasteiger partial charge in [0.15, 0.2) is 5.82 Å². The predicted octanol–water partition coefficient (Wildman–Crippen LogP) is 2.78. The van der Waals surface area contributed by atoms with Crippen molar-refractivity contribution in [2.45, 2.75) is 6.42 Å². The third-order valence-corrected chi connectivity index (χ3v) is 4.07. The van der Waals surface area contributed by atoms with Crippen LogP contribution in [0.4, 0.5) is 15.8 Å². The molecular weight excluding hydrogens is 339 g/mol. The Hall–Kier alpha value is -1.15. The van der Waals surface area contributed by atoms with Gasteiger partial charge in [0.2, 0.25) is 5.91 Å². The number of carbonyl (C=O) groups excluding carboxylic acids is 1. The minimum atomic E-state index is -0.783. The first-order valence-electron chi connectivity index (χ1n) is 5.48. The Kier molecular flexibility index (Phi) is 4.10. The molecule has 2 rings (SSSR count). The predicted molar refractivity (Wildman–Crippen MR) is 75.1 cm³/mol. The third kappa shape index (κ3) is 2.74. The molecule has 0 radical (unpaired) electrons. The molecule has 0 bridgehead atoms. The SMILES string of the molecule is O=C1CC(CS)CN1c1c(F)cc([N+](=O)[O-])cc1Br. The summed E-state index contributed by atoms with van der Waals surface area (Å²) < 4.78 is 14.2. The molecule has 1 aromatic rings. The van der Waals surface area contributed by atoms with Gasteiger partial charge in [0.25, 0.3) is 5.69 Å². The molecule has 19 heavy (non-hydrogen) atoms. The van der Waals surface area contributed by atoms with Crippen LogP contribution in [0.15, 0.2) is 16.6 Å². The van der Waals surface area contributed by atoms with Crippen LogP contribution in [-0.2, 0) is 4.79 Å². The summed E-state index contributed by atoms with van der Waals surface area (Å²) in [6.45, 7) is 0.371. The molecule has 1 aliphatic heterocycles. The molecule has 0 saturated carbocycles. The van der Waals surface area contributed by atoms with E-state index in [1.165, 1.54) is 11.0 Å². The smallest absolute Gasteiger partial charge is 0.273 e. The summed E-state index contributed by atoms with van der Waals surface area (Å²) in [5, 5.41) is 10.6. The maximum absolute atomic E-state index is 14.0. The standard InChI is InChI=1S/C11H10BrFN2O3S/c12-8-2-7(15(17)18)3-9(13)11(8)14-4-6(5-19)1-10(14)16/h2-3,6,19H,1,4-5H2. The molecule has 0 aliphatic carbocycles. The number of nitro groups is 1. The second-order valence-corrected chi connectivity index (χ2v) is 5.49. The van der Waals surface area contributed by atoms with Crippen LogP contribution in [0.1, 0.15) is 6.42 Å². The third-order valence-electron chi connectivity index (χ3n) is 2.95. The minimum absolute atomic E-state index is 0.0554. The van der Waals surface area contributed by atoms with Crippen LogP contribution < -0.4 is 4.90 Å². The molecule has 1 heterocycles. The van der Waals surface area contributed by atoms with Gasteiger partial charge in [-0.05, 0) is 27.6 Å². The summed E-state index contributed by atoms with van der Waals surface area (Å²) in [5.74, 6) is -0.381. The van der Waals surface area contributed by atoms with E-state index < -0.39 is 10.7 Å². The van der Waals surface area contributed by atoms with Crippen molar-refractivity contribution in [3.8, 4) is 0 Å². The van der Waals surface area contributed by atoms with Gasteiger partial charge in [-0.1, -0.05) is 0 Å². The van der Waals surface area contributed by atoms with E-state index in [4.69, 9.17) is 0 Å². The summed E-state index contributed by atoms with van der Waals surface area (Å²) in [6, 6.07) is 2.01. The number of nitro benzene ring substituents is 1. The second-order valence-electron chi connectivity index (χ2n) is 4.27. The quantitative estimate of drug-likeness (QED) is 0.519. The first-order chi connectivity index (χ1) is 8.93. The summed E-state index contributed by atoms with van der Waals surface area (Å²) in [7, 11) is 0. The van der Waals surface area contributed by atoms with E-state index in [9.17, 15) is 19.3 Å². The number of hydrogen-bond donors (Lipinski definition) is 1. The molecule has 5 nitrogen and oxygen atoms in total. The highest BCUT2D eigenvalue weighted by molar-refractivity contribution is 9.10. The van der Waals surface area contributed by atoms with Gasteiger partial charge in [-0.25, -0.2) is 4.39 Å². The molecule has 0 aromatic heterocycles. The molecule has 1 fully saturated rings. The van der Waals surface area contributed by atoms with E-state index in [2.05, 4.69) is 28.6 Å². The number of non-ortho nitro benzene ring substituents is 1. The molecular formula is C11H10BrFN2O3S. The van der Waals surface area contributed by atoms with Gasteiger partial charge >= 0.3 is 0 Å². The fraction of sp³-hybridized carbons (Fsp3) is 0.364. The lowest BCUT2D eigenvalue weighted by molar-refractivity contribution is -0.385. The lowest BCUT2D eigenvalue weighted by atomic mass is 10.1. The Labute approximate surface area is 122 Å². The Bertz CT molecular complexity index is 532. The fourth-order valence-electron chi connectivity index (χ4n) is 2.04. The number of rotatable bonds is 3. The van der Waals surface area contributed by atoms with Gasteiger partial charge in [-0.15, -0.1) is 0 Å². The first-order valence-corrected chi connectivity index (χ1v) is 6.91. The lowest BCUT2D eigenvalue weighted by Crippen LogP contribution is -2.26. The topological polar surface area (TPSA) is 63.5 Å². The molecule has 8 heteroatoms. The van der Waals surface area contributed by atoms with Gasteiger partial charge in [0.05, 0.1) is 21.1 Å². The van der Waals surface area contributed by atoms with Crippen LogP contribution >= 0.6 is 28.6 Å². The zero-order valence-electron chi connectivity index (χ0n) is 9.68. The molecule has 1 aliphatic rings. The van der Waals surface area contributed by atoms with Crippen molar-refractivity contribution in [2.24, 2.45) is 5.92 Å². The molecule has 1 aromatic carbocycles. The Morgan fingerprint density at radius 1 is 1.58 bits per heavy atom. The first kappa shape index (κ1) is 14.3. The highest BCUT2D eigenvalue weighted by Crippen LogP contribution is 2.36. The van der Waals surface area contributed by atoms with Crippen molar-refractivity contribution in [2.75, 3.05) is 17.2 Å². The molecule has 102 valence electrons. The van der Waals surface area contributed by atoms with Gasteiger partial charge in [0.1, 0.15) is 0 Å². The highest BCUT2D eigenvalue weighted by atomic mass is 79.9. The number of anilines is 1. The highest BCUT2D eigenvalue weighted by Gasteiger charge is 2.33. The molecule has 1 amide bonds. The Morgan fingerprint density at radius 3 is 2.74 bits per heavy atom. The number of carbonyl (C=O) groups is 1. The molecule has 0 N–H and O–H groups in total. The van der Waals surface area contributed by atoms with Crippen LogP contribution in [0, 0.1) is 21.8 Å². The zero-order valence-corrected chi connectivity index (χ0v) is 12.2. The minimum Gasteiger partial charge on any atom is -0.308 e. The number of halogens is 2. The largest absolute Gasteiger partial charge is 0.308 e. The van der Waals surface area contributed by atoms with E-state index in [0.717, 1.165) is 6.07 Å². The average molecular weight is 349 g/mol. The second kappa shape index (κ2) is 5.46. The number of nitrogens with zero attached hydrogens (tertiary/aromatic N) is 2. The Morgan fingerprint density at radius 2 is 2.26 bits per heavy atom. The number of amides is 1. The maximum Gasteiger partial charge on any atom is 0.273 e. The zero-order chi connectivity index (χ0) is 14.2. The number of hydrogen-bond acceptors (Lipinski definition) is 4. The van der Waals surface area contributed by atoms with E-state index in [0.29, 0.717) is 18.7 Å². The van der Waals surface area contributed by atoms with Crippen molar-refractivity contribution >= 4 is 45.8 Å². The van der Waals surface area contributed by atoms with Crippen LogP contribution in [-0.4, -0.2) is 23.1 Å². The maximum atomic E-state index is 14.0. The van der Waals surface area contributed by atoms with Crippen LogP contribution in [0.3, 0.4) is 0 Å². The van der Waals surface area contributed by atoms with E-state index in [1.807, 2.05) is 0 Å². The number of thiol groups is 1. The molecule has 1 atom stereocenters. The van der Waals surface area contributed by atoms with Crippen molar-refractivity contribution in [1.29, 1.82) is 0 Å². The summed E-state index contributed by atoms with van der Waals surface area (Å²) in [5.41, 5.74) is -0.301. The molecule has 1 saturated heterocycles. The summed E-state index contributed by atoms with van der Waals surface area (Å²) in [4.78, 5) is 23.1. The van der Waals surface area contributed by atoms with Crippen molar-refractivity contribution in [3.05, 3.63) is 32.5 Å². The van der Waals surface area contributed by atoms with Crippen LogP contribution in [0.25, 0.3) is 0 Å². The molecule has 0 spiro atoms. The van der Waals surface area contributed by atoms with Gasteiger partial charge in [0, 0.05) is 19.0 Å². The number of benzene rings is 1. The van der Waals surface area contributed by atoms with Crippen molar-refractivity contribution in [1.82, 2.24) is 0 Å². The van der Waals surface area contributed by atoms with Crippen LogP contribution in [0.2, 0.25) is 0 Å².